The van der Waals surface area contributed by atoms with Crippen molar-refractivity contribution in [2.45, 2.75) is 6.92 Å². The van der Waals surface area contributed by atoms with Gasteiger partial charge in [-0.2, -0.15) is 0 Å². The van der Waals surface area contributed by atoms with E-state index in [1.54, 1.807) is 48.5 Å². The van der Waals surface area contributed by atoms with Crippen molar-refractivity contribution >= 4 is 28.8 Å². The van der Waals surface area contributed by atoms with E-state index in [9.17, 15) is 18.4 Å². The first-order valence-electron chi connectivity index (χ1n) is 10.2. The average molecular weight is 450 g/mol. The minimum Gasteiger partial charge on any atom is -0.497 e. The Bertz CT molecular complexity index is 1240. The van der Waals surface area contributed by atoms with Crippen LogP contribution in [0.25, 0.3) is 5.57 Å². The molecule has 0 saturated heterocycles. The summed E-state index contributed by atoms with van der Waals surface area (Å²) >= 11 is 0. The number of nitrogens with one attached hydrogen (secondary N) is 1. The number of carbonyl (C=O) groups excluding carboxylic acids is 2. The minimum atomic E-state index is -1.02. The molecule has 0 atom stereocenters. The number of ether oxygens (including phenoxy) is 2. The van der Waals surface area contributed by atoms with E-state index in [1.165, 1.54) is 7.11 Å². The summed E-state index contributed by atoms with van der Waals surface area (Å²) in [6, 6.07) is 16.1. The van der Waals surface area contributed by atoms with Gasteiger partial charge in [0.15, 0.2) is 0 Å². The third-order valence-corrected chi connectivity index (χ3v) is 5.05. The van der Waals surface area contributed by atoms with Crippen LogP contribution < -0.4 is 19.7 Å². The fourth-order valence-corrected chi connectivity index (χ4v) is 3.50. The van der Waals surface area contributed by atoms with E-state index in [0.29, 0.717) is 40.3 Å². The van der Waals surface area contributed by atoms with Gasteiger partial charge >= 0.3 is 0 Å². The molecule has 0 aliphatic carbocycles. The van der Waals surface area contributed by atoms with Crippen LogP contribution in [0, 0.1) is 11.6 Å². The number of halogens is 2. The van der Waals surface area contributed by atoms with Gasteiger partial charge in [-0.3, -0.25) is 9.59 Å². The molecule has 0 saturated carbocycles. The molecule has 1 aliphatic rings. The van der Waals surface area contributed by atoms with Gasteiger partial charge in [0.2, 0.25) is 0 Å². The number of rotatable bonds is 7. The predicted molar refractivity (Wildman–Crippen MR) is 120 cm³/mol. The summed E-state index contributed by atoms with van der Waals surface area (Å²) in [6.45, 7) is 2.37. The highest BCUT2D eigenvalue weighted by Gasteiger charge is 2.41. The molecule has 0 unspecified atom stereocenters. The second kappa shape index (κ2) is 9.12. The van der Waals surface area contributed by atoms with Crippen LogP contribution in [0.1, 0.15) is 12.5 Å². The van der Waals surface area contributed by atoms with E-state index in [0.717, 1.165) is 12.1 Å². The van der Waals surface area contributed by atoms with E-state index in [4.69, 9.17) is 9.47 Å². The molecule has 0 spiro atoms. The van der Waals surface area contributed by atoms with Gasteiger partial charge in [0, 0.05) is 11.8 Å². The molecule has 0 fully saturated rings. The third-order valence-electron chi connectivity index (χ3n) is 5.05. The second-order valence-corrected chi connectivity index (χ2v) is 7.10. The number of nitrogens with zero attached hydrogens (tertiary/aromatic N) is 1. The van der Waals surface area contributed by atoms with Crippen molar-refractivity contribution < 1.29 is 27.8 Å². The Morgan fingerprint density at radius 3 is 2.15 bits per heavy atom. The molecule has 3 aromatic carbocycles. The van der Waals surface area contributed by atoms with Gasteiger partial charge in [0.05, 0.1) is 25.0 Å². The van der Waals surface area contributed by atoms with E-state index in [-0.39, 0.29) is 17.0 Å². The zero-order chi connectivity index (χ0) is 23.5. The second-order valence-electron chi connectivity index (χ2n) is 7.10. The lowest BCUT2D eigenvalue weighted by Crippen LogP contribution is -2.33. The fourth-order valence-electron chi connectivity index (χ4n) is 3.50. The summed E-state index contributed by atoms with van der Waals surface area (Å²) in [4.78, 5) is 27.4. The summed E-state index contributed by atoms with van der Waals surface area (Å²) < 4.78 is 38.5. The van der Waals surface area contributed by atoms with E-state index >= 15 is 0 Å². The number of anilines is 2. The molecular weight excluding hydrogens is 430 g/mol. The largest absolute Gasteiger partial charge is 0.497 e. The monoisotopic (exact) mass is 450 g/mol. The highest BCUT2D eigenvalue weighted by molar-refractivity contribution is 6.46. The van der Waals surface area contributed by atoms with Crippen LogP contribution in [-0.4, -0.2) is 25.5 Å². The van der Waals surface area contributed by atoms with Crippen molar-refractivity contribution in [1.82, 2.24) is 0 Å². The van der Waals surface area contributed by atoms with Crippen molar-refractivity contribution in [3.05, 3.63) is 89.6 Å². The van der Waals surface area contributed by atoms with Gasteiger partial charge in [0.25, 0.3) is 11.8 Å². The third kappa shape index (κ3) is 4.27. The smallest absolute Gasteiger partial charge is 0.282 e. The van der Waals surface area contributed by atoms with Gasteiger partial charge in [-0.15, -0.1) is 0 Å². The Kier molecular flexibility index (Phi) is 6.08. The van der Waals surface area contributed by atoms with Crippen LogP contribution in [0.15, 0.2) is 72.4 Å². The summed E-state index contributed by atoms with van der Waals surface area (Å²) in [7, 11) is 1.51. The number of hydrogen-bond acceptors (Lipinski definition) is 5. The van der Waals surface area contributed by atoms with Crippen molar-refractivity contribution in [2.24, 2.45) is 0 Å². The van der Waals surface area contributed by atoms with Gasteiger partial charge in [-0.1, -0.05) is 12.1 Å². The first kappa shape index (κ1) is 22.0. The quantitative estimate of drug-likeness (QED) is 0.526. The maximum absolute atomic E-state index is 14.5. The normalized spacial score (nSPS) is 13.5. The number of methoxy groups -OCH3 is 1. The molecule has 2 amide bonds. The topological polar surface area (TPSA) is 67.9 Å². The maximum atomic E-state index is 14.5. The number of imide groups is 1. The van der Waals surface area contributed by atoms with Crippen LogP contribution in [0.4, 0.5) is 20.2 Å². The highest BCUT2D eigenvalue weighted by Crippen LogP contribution is 2.35. The molecule has 1 aliphatic heterocycles. The Morgan fingerprint density at radius 2 is 1.55 bits per heavy atom. The number of hydrogen-bond donors (Lipinski definition) is 1. The fraction of sp³-hybridized carbons (Fsp3) is 0.120. The predicted octanol–water partition coefficient (Wildman–Crippen LogP) is 4.77. The lowest BCUT2D eigenvalue weighted by atomic mass is 10.0. The van der Waals surface area contributed by atoms with Crippen LogP contribution in [0.3, 0.4) is 0 Å². The molecule has 1 heterocycles. The van der Waals surface area contributed by atoms with Crippen LogP contribution in [-0.2, 0) is 9.59 Å². The van der Waals surface area contributed by atoms with Gasteiger partial charge < -0.3 is 14.8 Å². The summed E-state index contributed by atoms with van der Waals surface area (Å²) in [5, 5.41) is 2.98. The molecule has 0 aromatic heterocycles. The maximum Gasteiger partial charge on any atom is 0.282 e. The number of amides is 2. The molecule has 0 radical (unpaired) electrons. The van der Waals surface area contributed by atoms with E-state index in [2.05, 4.69) is 5.32 Å². The van der Waals surface area contributed by atoms with Crippen molar-refractivity contribution in [3.63, 3.8) is 0 Å². The van der Waals surface area contributed by atoms with Crippen molar-refractivity contribution in [1.29, 1.82) is 0 Å². The Hall–Kier alpha value is -4.20. The Morgan fingerprint density at radius 1 is 0.879 bits per heavy atom. The van der Waals surface area contributed by atoms with Crippen LogP contribution >= 0.6 is 0 Å². The van der Waals surface area contributed by atoms with E-state index < -0.39 is 23.4 Å². The molecule has 168 valence electrons. The van der Waals surface area contributed by atoms with Gasteiger partial charge in [-0.25, -0.2) is 13.7 Å². The number of carbonyl (C=O) groups is 2. The molecular formula is C25H20F2N2O4. The Balaban J connectivity index is 1.78. The molecule has 1 N–H and O–H groups in total. The molecule has 0 bridgehead atoms. The van der Waals surface area contributed by atoms with Crippen molar-refractivity contribution in [2.75, 3.05) is 23.9 Å². The lowest BCUT2D eigenvalue weighted by Gasteiger charge is -2.16. The molecule has 33 heavy (non-hydrogen) atoms. The SMILES string of the molecule is CCOc1ccc(NC2=C(c3ccc(OC)cc3)C(=O)N(c3ccc(F)cc3F)C2=O)cc1. The highest BCUT2D eigenvalue weighted by atomic mass is 19.1. The minimum absolute atomic E-state index is 0.0296. The Labute approximate surface area is 189 Å². The van der Waals surface area contributed by atoms with Crippen molar-refractivity contribution in [3.8, 4) is 11.5 Å². The van der Waals surface area contributed by atoms with Crippen LogP contribution in [0.2, 0.25) is 0 Å². The van der Waals surface area contributed by atoms with E-state index in [1.807, 2.05) is 6.92 Å². The molecule has 4 rings (SSSR count). The first-order chi connectivity index (χ1) is 15.9. The zero-order valence-electron chi connectivity index (χ0n) is 17.9. The van der Waals surface area contributed by atoms with Gasteiger partial charge in [-0.05, 0) is 61.0 Å². The standard InChI is InChI=1S/C25H20F2N2O4/c1-3-33-19-11-7-17(8-12-19)28-23-22(15-4-9-18(32-2)10-5-15)24(30)29(25(23)31)21-13-6-16(26)14-20(21)27/h4-14,28H,3H2,1-2H3. The zero-order valence-corrected chi connectivity index (χ0v) is 17.9. The molecule has 8 heteroatoms. The van der Waals surface area contributed by atoms with Crippen LogP contribution in [0.5, 0.6) is 11.5 Å². The summed E-state index contributed by atoms with van der Waals surface area (Å²) in [5.74, 6) is -2.11. The average Bonchev–Trinajstić information content (AvgIpc) is 3.05. The summed E-state index contributed by atoms with van der Waals surface area (Å²) in [5.41, 5.74) is 0.661. The molecule has 3 aromatic rings. The number of benzene rings is 3. The first-order valence-corrected chi connectivity index (χ1v) is 10.2. The molecule has 6 nitrogen and oxygen atoms in total. The lowest BCUT2D eigenvalue weighted by molar-refractivity contribution is -0.120. The summed E-state index contributed by atoms with van der Waals surface area (Å²) in [6.07, 6.45) is 0. The van der Waals surface area contributed by atoms with Gasteiger partial charge in [0.1, 0.15) is 28.8 Å².